The molecule has 0 saturated carbocycles. The Morgan fingerprint density at radius 1 is 1.30 bits per heavy atom. The van der Waals surface area contributed by atoms with Gasteiger partial charge in [-0.3, -0.25) is 9.59 Å². The molecule has 1 heterocycles. The van der Waals surface area contributed by atoms with Crippen LogP contribution in [0.2, 0.25) is 0 Å². The number of methoxy groups -OCH3 is 1. The van der Waals surface area contributed by atoms with Crippen LogP contribution in [0, 0.1) is 0 Å². The molecule has 0 aliphatic rings. The lowest BCUT2D eigenvalue weighted by Crippen LogP contribution is -2.28. The molecule has 9 heteroatoms. The lowest BCUT2D eigenvalue weighted by atomic mass is 10.2. The van der Waals surface area contributed by atoms with E-state index >= 15 is 0 Å². The molecule has 0 bridgehead atoms. The fourth-order valence-corrected chi connectivity index (χ4v) is 1.63. The van der Waals surface area contributed by atoms with Crippen LogP contribution in [0.15, 0.2) is 18.3 Å². The first-order valence-corrected chi connectivity index (χ1v) is 6.71. The summed E-state index contributed by atoms with van der Waals surface area (Å²) in [4.78, 5) is 28.1. The standard InChI is InChI=1S/C14H17F3N2O4/c1-19(7-3-4-12(20)22-2)13(21)10-5-6-11(18-8-10)23-9-14(15,16)17/h5-6,8H,3-4,7,9H2,1-2H3. The highest BCUT2D eigenvalue weighted by Gasteiger charge is 2.28. The van der Waals surface area contributed by atoms with Crippen molar-refractivity contribution in [3.63, 3.8) is 0 Å². The number of esters is 1. The van der Waals surface area contributed by atoms with Crippen molar-refractivity contribution in [2.24, 2.45) is 0 Å². The summed E-state index contributed by atoms with van der Waals surface area (Å²) in [5.74, 6) is -0.935. The largest absolute Gasteiger partial charge is 0.469 e. The molecule has 1 rings (SSSR count). The topological polar surface area (TPSA) is 68.7 Å². The van der Waals surface area contributed by atoms with E-state index in [0.29, 0.717) is 13.0 Å². The molecule has 0 radical (unpaired) electrons. The maximum Gasteiger partial charge on any atom is 0.422 e. The maximum atomic E-state index is 12.1. The second-order valence-electron chi connectivity index (χ2n) is 4.70. The maximum absolute atomic E-state index is 12.1. The predicted octanol–water partition coefficient (Wildman–Crippen LogP) is 2.05. The van der Waals surface area contributed by atoms with E-state index in [4.69, 9.17) is 0 Å². The smallest absolute Gasteiger partial charge is 0.422 e. The van der Waals surface area contributed by atoms with Gasteiger partial charge in [-0.25, -0.2) is 4.98 Å². The molecule has 6 nitrogen and oxygen atoms in total. The first-order chi connectivity index (χ1) is 10.7. The number of alkyl halides is 3. The number of aromatic nitrogens is 1. The average Bonchev–Trinajstić information content (AvgIpc) is 2.51. The van der Waals surface area contributed by atoms with E-state index in [9.17, 15) is 22.8 Å². The van der Waals surface area contributed by atoms with Gasteiger partial charge in [0, 0.05) is 32.3 Å². The highest BCUT2D eigenvalue weighted by molar-refractivity contribution is 5.93. The van der Waals surface area contributed by atoms with E-state index in [-0.39, 0.29) is 29.7 Å². The zero-order valence-electron chi connectivity index (χ0n) is 12.7. The van der Waals surface area contributed by atoms with Crippen LogP contribution < -0.4 is 4.74 Å². The molecule has 0 aliphatic heterocycles. The molecule has 1 aromatic rings. The lowest BCUT2D eigenvalue weighted by molar-refractivity contribution is -0.154. The molecule has 0 atom stereocenters. The first-order valence-electron chi connectivity index (χ1n) is 6.71. The van der Waals surface area contributed by atoms with Gasteiger partial charge in [-0.1, -0.05) is 0 Å². The highest BCUT2D eigenvalue weighted by atomic mass is 19.4. The molecule has 0 N–H and O–H groups in total. The van der Waals surface area contributed by atoms with Gasteiger partial charge in [0.25, 0.3) is 5.91 Å². The van der Waals surface area contributed by atoms with Gasteiger partial charge in [-0.15, -0.1) is 0 Å². The Balaban J connectivity index is 2.51. The number of hydrogen-bond donors (Lipinski definition) is 0. The van der Waals surface area contributed by atoms with E-state index in [1.54, 1.807) is 7.05 Å². The Hall–Kier alpha value is -2.32. The number of halogens is 3. The molecule has 0 aliphatic carbocycles. The lowest BCUT2D eigenvalue weighted by Gasteiger charge is -2.16. The van der Waals surface area contributed by atoms with Crippen molar-refractivity contribution in [1.29, 1.82) is 0 Å². The van der Waals surface area contributed by atoms with E-state index in [0.717, 1.165) is 6.20 Å². The summed E-state index contributed by atoms with van der Waals surface area (Å²) < 4.78 is 45.0. The fraction of sp³-hybridized carbons (Fsp3) is 0.500. The van der Waals surface area contributed by atoms with Crippen LogP contribution in [0.25, 0.3) is 0 Å². The van der Waals surface area contributed by atoms with Gasteiger partial charge in [0.15, 0.2) is 6.61 Å². The SMILES string of the molecule is COC(=O)CCCN(C)C(=O)c1ccc(OCC(F)(F)F)nc1. The zero-order chi connectivity index (χ0) is 17.5. The van der Waals surface area contributed by atoms with Crippen molar-refractivity contribution in [2.75, 3.05) is 27.3 Å². The average molecular weight is 334 g/mol. The Kier molecular flexibility index (Phi) is 6.80. The van der Waals surface area contributed by atoms with Crippen molar-refractivity contribution in [3.8, 4) is 5.88 Å². The molecule has 1 aromatic heterocycles. The van der Waals surface area contributed by atoms with E-state index in [1.165, 1.54) is 24.1 Å². The monoisotopic (exact) mass is 334 g/mol. The molecular formula is C14H17F3N2O4. The van der Waals surface area contributed by atoms with Crippen LogP contribution >= 0.6 is 0 Å². The Morgan fingerprint density at radius 3 is 2.52 bits per heavy atom. The number of carbonyl (C=O) groups is 2. The van der Waals surface area contributed by atoms with Gasteiger partial charge < -0.3 is 14.4 Å². The predicted molar refractivity (Wildman–Crippen MR) is 74.0 cm³/mol. The normalized spacial score (nSPS) is 11.0. The number of nitrogens with zero attached hydrogens (tertiary/aromatic N) is 2. The molecular weight excluding hydrogens is 317 g/mol. The third-order valence-corrected chi connectivity index (χ3v) is 2.82. The van der Waals surface area contributed by atoms with Gasteiger partial charge in [-0.05, 0) is 12.5 Å². The molecule has 1 amide bonds. The second-order valence-corrected chi connectivity index (χ2v) is 4.70. The molecule has 0 unspecified atom stereocenters. The summed E-state index contributed by atoms with van der Waals surface area (Å²) in [6.07, 6.45) is -2.67. The second kappa shape index (κ2) is 8.35. The van der Waals surface area contributed by atoms with Gasteiger partial charge in [0.2, 0.25) is 5.88 Å². The van der Waals surface area contributed by atoms with Crippen LogP contribution in [0.5, 0.6) is 5.88 Å². The quantitative estimate of drug-likeness (QED) is 0.714. The number of rotatable bonds is 7. The molecule has 23 heavy (non-hydrogen) atoms. The number of amides is 1. The van der Waals surface area contributed by atoms with E-state index in [2.05, 4.69) is 14.5 Å². The number of ether oxygens (including phenoxy) is 2. The van der Waals surface area contributed by atoms with Gasteiger partial charge in [-0.2, -0.15) is 13.2 Å². The third-order valence-electron chi connectivity index (χ3n) is 2.82. The Morgan fingerprint density at radius 2 is 2.00 bits per heavy atom. The van der Waals surface area contributed by atoms with Crippen molar-refractivity contribution in [1.82, 2.24) is 9.88 Å². The number of hydrogen-bond acceptors (Lipinski definition) is 5. The summed E-state index contributed by atoms with van der Waals surface area (Å²) >= 11 is 0. The molecule has 0 spiro atoms. The van der Waals surface area contributed by atoms with Gasteiger partial charge in [0.1, 0.15) is 0 Å². The number of carbonyl (C=O) groups excluding carboxylic acids is 2. The van der Waals surface area contributed by atoms with E-state index < -0.39 is 12.8 Å². The minimum atomic E-state index is -4.45. The first kappa shape index (κ1) is 18.7. The fourth-order valence-electron chi connectivity index (χ4n) is 1.63. The Bertz CT molecular complexity index is 532. The van der Waals surface area contributed by atoms with Crippen molar-refractivity contribution < 1.29 is 32.2 Å². The Labute approximate surface area is 131 Å². The van der Waals surface area contributed by atoms with Crippen molar-refractivity contribution in [3.05, 3.63) is 23.9 Å². The zero-order valence-corrected chi connectivity index (χ0v) is 12.7. The summed E-state index contributed by atoms with van der Waals surface area (Å²) in [5.41, 5.74) is 0.213. The number of pyridine rings is 1. The minimum Gasteiger partial charge on any atom is -0.469 e. The molecule has 0 saturated heterocycles. The highest BCUT2D eigenvalue weighted by Crippen LogP contribution is 2.17. The van der Waals surface area contributed by atoms with Crippen LogP contribution in [0.4, 0.5) is 13.2 Å². The summed E-state index contributed by atoms with van der Waals surface area (Å²) in [6.45, 7) is -1.11. The summed E-state index contributed by atoms with van der Waals surface area (Å²) in [7, 11) is 2.83. The molecule has 128 valence electrons. The van der Waals surface area contributed by atoms with Crippen molar-refractivity contribution in [2.45, 2.75) is 19.0 Å². The third kappa shape index (κ3) is 6.98. The van der Waals surface area contributed by atoms with Crippen LogP contribution in [-0.4, -0.2) is 55.2 Å². The summed E-state index contributed by atoms with van der Waals surface area (Å²) in [6, 6.07) is 2.53. The molecule has 0 fully saturated rings. The summed E-state index contributed by atoms with van der Waals surface area (Å²) in [5, 5.41) is 0. The van der Waals surface area contributed by atoms with Crippen molar-refractivity contribution >= 4 is 11.9 Å². The van der Waals surface area contributed by atoms with Crippen LogP contribution in [0.1, 0.15) is 23.2 Å². The molecule has 0 aromatic carbocycles. The van der Waals surface area contributed by atoms with Crippen LogP contribution in [0.3, 0.4) is 0 Å². The minimum absolute atomic E-state index is 0.191. The van der Waals surface area contributed by atoms with E-state index in [1.807, 2.05) is 0 Å². The van der Waals surface area contributed by atoms with Gasteiger partial charge in [0.05, 0.1) is 12.7 Å². The van der Waals surface area contributed by atoms with Crippen LogP contribution in [-0.2, 0) is 9.53 Å². The van der Waals surface area contributed by atoms with Gasteiger partial charge >= 0.3 is 12.1 Å².